The zero-order valence-corrected chi connectivity index (χ0v) is 32.5. The van der Waals surface area contributed by atoms with E-state index in [2.05, 4.69) is 0 Å². The molecule has 4 aromatic carbocycles. The Morgan fingerprint density at radius 2 is 0.551 bits per heavy atom. The van der Waals surface area contributed by atoms with Gasteiger partial charge >= 0.3 is 17.1 Å². The molecule has 0 N–H and O–H groups in total. The van der Waals surface area contributed by atoms with Gasteiger partial charge in [0, 0.05) is 77.6 Å². The van der Waals surface area contributed by atoms with Gasteiger partial charge in [0.2, 0.25) is 0 Å². The second-order valence-electron chi connectivity index (χ2n) is 9.67. The van der Waals surface area contributed by atoms with Crippen LogP contribution in [0.5, 0.6) is 0 Å². The van der Waals surface area contributed by atoms with Crippen LogP contribution >= 0.6 is 0 Å². The monoisotopic (exact) mass is 769 g/mol. The first-order valence-electron chi connectivity index (χ1n) is 15.9. The van der Waals surface area contributed by atoms with Gasteiger partial charge in [-0.3, -0.25) is 0 Å². The fourth-order valence-corrected chi connectivity index (χ4v) is 5.46. The summed E-state index contributed by atoms with van der Waals surface area (Å²) in [5.41, 5.74) is 5.78. The van der Waals surface area contributed by atoms with Crippen LogP contribution in [0.3, 0.4) is 0 Å². The molecule has 0 fully saturated rings. The molecule has 2 aliphatic heterocycles. The number of rotatable bonds is 0. The van der Waals surface area contributed by atoms with E-state index in [0.29, 0.717) is 45.9 Å². The van der Waals surface area contributed by atoms with Gasteiger partial charge < -0.3 is 37.3 Å². The topological polar surface area (TPSA) is 106 Å². The molecule has 2 radical (unpaired) electrons. The number of nitrogens with zero attached hydrogens (tertiary/aromatic N) is 8. The van der Waals surface area contributed by atoms with Gasteiger partial charge in [0.1, 0.15) is 0 Å². The smallest absolute Gasteiger partial charge is 0.358 e. The van der Waals surface area contributed by atoms with Crippen LogP contribution in [-0.2, 0) is 49.8 Å². The van der Waals surface area contributed by atoms with Crippen LogP contribution in [-0.4, -0.2) is 29.9 Å². The van der Waals surface area contributed by atoms with Gasteiger partial charge in [0.25, 0.3) is 0 Å². The average molecular weight is 770 g/mol. The fourth-order valence-electron chi connectivity index (χ4n) is 5.46. The summed E-state index contributed by atoms with van der Waals surface area (Å²) in [6, 6.07) is 31.8. The maximum atomic E-state index is 4.95. The Hall–Kier alpha value is -4.14. The van der Waals surface area contributed by atoms with Crippen molar-refractivity contribution in [2.75, 3.05) is 0 Å². The number of hydrogen-bond donors (Lipinski definition) is 0. The van der Waals surface area contributed by atoms with Crippen molar-refractivity contribution in [2.24, 2.45) is 0 Å². The molecule has 3 aromatic heterocycles. The van der Waals surface area contributed by atoms with Gasteiger partial charge in [-0.1, -0.05) is 139 Å². The summed E-state index contributed by atoms with van der Waals surface area (Å²) in [7, 11) is 0. The van der Waals surface area contributed by atoms with Crippen LogP contribution in [0, 0.1) is 7.43 Å². The van der Waals surface area contributed by atoms with Gasteiger partial charge in [-0.25, -0.2) is 9.97 Å². The Morgan fingerprint density at radius 1 is 0.347 bits per heavy atom. The van der Waals surface area contributed by atoms with Crippen molar-refractivity contribution < 1.29 is 49.8 Å². The first kappa shape index (κ1) is 39.3. The third kappa shape index (κ3) is 7.13. The second kappa shape index (κ2) is 17.5. The number of hydrogen-bond acceptors (Lipinski definition) is 6. The molecule has 49 heavy (non-hydrogen) atoms. The van der Waals surface area contributed by atoms with Gasteiger partial charge in [0.15, 0.2) is 0 Å². The molecule has 0 amide bonds. The van der Waals surface area contributed by atoms with Crippen LogP contribution in [0.15, 0.2) is 97.1 Å². The first-order chi connectivity index (χ1) is 22.8. The maximum Gasteiger partial charge on any atom is 2.00 e. The van der Waals surface area contributed by atoms with Gasteiger partial charge in [-0.15, -0.1) is 0 Å². The number of aromatic nitrogens is 8. The molecule has 0 aliphatic carbocycles. The predicted octanol–water partition coefficient (Wildman–Crippen LogP) is 9.65. The summed E-state index contributed by atoms with van der Waals surface area (Å²) in [4.78, 5) is 39.3. The Morgan fingerprint density at radius 3 is 0.776 bits per heavy atom. The van der Waals surface area contributed by atoms with Crippen LogP contribution in [0.1, 0.15) is 41.5 Å². The Labute approximate surface area is 323 Å². The molecule has 0 unspecified atom stereocenters. The van der Waals surface area contributed by atoms with Crippen LogP contribution in [0.4, 0.5) is 0 Å². The predicted molar refractivity (Wildman–Crippen MR) is 194 cm³/mol. The van der Waals surface area contributed by atoms with Crippen molar-refractivity contribution >= 4 is 44.1 Å². The summed E-state index contributed by atoms with van der Waals surface area (Å²) in [6.45, 7) is 12.0. The molecule has 8 nitrogen and oxygen atoms in total. The van der Waals surface area contributed by atoms with E-state index < -0.39 is 0 Å². The van der Waals surface area contributed by atoms with E-state index in [1.165, 1.54) is 0 Å². The van der Waals surface area contributed by atoms with E-state index in [9.17, 15) is 0 Å². The number of fused-ring (bicyclic) bond motifs is 20. The largest absolute Gasteiger partial charge is 2.00 e. The van der Waals surface area contributed by atoms with E-state index >= 15 is 0 Å². The summed E-state index contributed by atoms with van der Waals surface area (Å²) >= 11 is 0. The van der Waals surface area contributed by atoms with Gasteiger partial charge in [-0.2, -0.15) is 0 Å². The fraction of sp³-hybridized carbons (Fsp3) is 0.154. The molecule has 0 saturated heterocycles. The molecule has 2 aliphatic rings. The zero-order chi connectivity index (χ0) is 32.2. The minimum atomic E-state index is 0. The van der Waals surface area contributed by atoms with E-state index in [1.54, 1.807) is 0 Å². The second-order valence-corrected chi connectivity index (χ2v) is 9.67. The first-order valence-corrected chi connectivity index (χ1v) is 15.9. The molecule has 0 saturated carbocycles. The quantitative estimate of drug-likeness (QED) is 0.111. The van der Waals surface area contributed by atoms with Crippen LogP contribution in [0.2, 0.25) is 0 Å². The third-order valence-corrected chi connectivity index (χ3v) is 7.33. The van der Waals surface area contributed by atoms with E-state index in [-0.39, 0.29) is 57.2 Å². The molecule has 9 rings (SSSR count). The SMILES string of the molecule is CC.CC.CC.[CH3-].[Cu+2].[Y].c1ccc2c(c1)-c1nc-2nc2[n-]c(nc3nc(nc4[n-]c(n1)c1ccccc41)-c1ccccc1-3)c1ccccc21. The average Bonchev–Trinajstić information content (AvgIpc) is 3.87. The number of benzene rings is 4. The van der Waals surface area contributed by atoms with E-state index in [0.717, 1.165) is 43.8 Å². The van der Waals surface area contributed by atoms with Crippen molar-refractivity contribution in [2.45, 2.75) is 41.5 Å². The van der Waals surface area contributed by atoms with Crippen molar-refractivity contribution in [3.8, 4) is 45.6 Å². The van der Waals surface area contributed by atoms with E-state index in [1.807, 2.05) is 139 Å². The molecule has 10 heteroatoms. The maximum absolute atomic E-state index is 4.95. The Kier molecular flexibility index (Phi) is 14.0. The summed E-state index contributed by atoms with van der Waals surface area (Å²) < 4.78 is 0. The minimum Gasteiger partial charge on any atom is -0.358 e. The van der Waals surface area contributed by atoms with Crippen molar-refractivity contribution in [1.29, 1.82) is 0 Å². The molecule has 248 valence electrons. The van der Waals surface area contributed by atoms with Crippen LogP contribution < -0.4 is 9.97 Å². The minimum absolute atomic E-state index is 0. The van der Waals surface area contributed by atoms with Crippen molar-refractivity contribution in [1.82, 2.24) is 39.9 Å². The molecule has 8 bridgehead atoms. The summed E-state index contributed by atoms with van der Waals surface area (Å²) in [5, 5.41) is 3.57. The molecule has 0 spiro atoms. The molecular formula is C39H37CuN8Y-. The zero-order valence-electron chi connectivity index (χ0n) is 28.7. The molecule has 7 aromatic rings. The van der Waals surface area contributed by atoms with Gasteiger partial charge in [-0.05, 0) is 21.5 Å². The standard InChI is InChI=1S/C32H16N8.3C2H6.CH3.Cu.Y/c1-2-10-18-17(9-1)25-33-26(18)38-28-21-13-5-6-14-22(21)30(35-28)40-32-24-16-8-7-15-23(24)31(36-32)39-29-20-12-4-3-11-19(20)27(34-29)37-25;3*1-2;;;/h1-16H;3*1-2H3;1H3;;/q-2;;;;-1;+2;. The van der Waals surface area contributed by atoms with Crippen LogP contribution in [0.25, 0.3) is 89.7 Å². The Balaban J connectivity index is 0.000000688. The summed E-state index contributed by atoms with van der Waals surface area (Å²) in [6.07, 6.45) is 0. The van der Waals surface area contributed by atoms with Crippen molar-refractivity contribution in [3.63, 3.8) is 0 Å². The van der Waals surface area contributed by atoms with Gasteiger partial charge in [0.05, 0.1) is 23.3 Å². The third-order valence-electron chi connectivity index (χ3n) is 7.33. The van der Waals surface area contributed by atoms with Crippen molar-refractivity contribution in [3.05, 3.63) is 104 Å². The Bertz CT molecular complexity index is 2040. The molecule has 0 atom stereocenters. The summed E-state index contributed by atoms with van der Waals surface area (Å²) in [5.74, 6) is 2.21. The normalized spacial score (nSPS) is 10.2. The van der Waals surface area contributed by atoms with E-state index in [4.69, 9.17) is 39.9 Å². The molecule has 5 heterocycles. The molecular weight excluding hydrogens is 733 g/mol.